The van der Waals surface area contributed by atoms with E-state index in [1.807, 2.05) is 18.2 Å². The monoisotopic (exact) mass is 338 g/mol. The Morgan fingerprint density at radius 3 is 2.12 bits per heavy atom. The summed E-state index contributed by atoms with van der Waals surface area (Å²) in [7, 11) is 0. The molecular formula is C15H15IO. The lowest BCUT2D eigenvalue weighted by Gasteiger charge is -2.13. The lowest BCUT2D eigenvalue weighted by molar-refractivity contribution is 0.471. The summed E-state index contributed by atoms with van der Waals surface area (Å²) >= 11 is 2.29. The van der Waals surface area contributed by atoms with Crippen LogP contribution in [0.1, 0.15) is 16.7 Å². The molecule has 0 unspecified atom stereocenters. The Bertz CT molecular complexity index is 523. The minimum atomic E-state index is 0.920. The van der Waals surface area contributed by atoms with Gasteiger partial charge in [0, 0.05) is 0 Å². The van der Waals surface area contributed by atoms with Gasteiger partial charge in [0.15, 0.2) is 0 Å². The number of para-hydroxylation sites is 1. The fourth-order valence-electron chi connectivity index (χ4n) is 1.97. The number of aryl methyl sites for hydroxylation is 3. The minimum absolute atomic E-state index is 0.920. The van der Waals surface area contributed by atoms with Gasteiger partial charge in [0.2, 0.25) is 0 Å². The van der Waals surface area contributed by atoms with E-state index in [1.165, 1.54) is 16.7 Å². The van der Waals surface area contributed by atoms with Crippen LogP contribution in [-0.4, -0.2) is 0 Å². The second kappa shape index (κ2) is 5.08. The average molecular weight is 338 g/mol. The van der Waals surface area contributed by atoms with Crippen LogP contribution in [0.25, 0.3) is 0 Å². The summed E-state index contributed by atoms with van der Waals surface area (Å²) in [5.41, 5.74) is 3.64. The maximum absolute atomic E-state index is 6.02. The normalized spacial score (nSPS) is 10.4. The first-order valence-corrected chi connectivity index (χ1v) is 6.66. The van der Waals surface area contributed by atoms with Crippen molar-refractivity contribution in [2.75, 3.05) is 0 Å². The van der Waals surface area contributed by atoms with Gasteiger partial charge in [-0.25, -0.2) is 0 Å². The van der Waals surface area contributed by atoms with Crippen molar-refractivity contribution in [3.8, 4) is 11.5 Å². The van der Waals surface area contributed by atoms with E-state index in [9.17, 15) is 0 Å². The largest absolute Gasteiger partial charge is 0.456 e. The van der Waals surface area contributed by atoms with Gasteiger partial charge in [0.25, 0.3) is 0 Å². The molecule has 0 atom stereocenters. The van der Waals surface area contributed by atoms with Crippen molar-refractivity contribution in [3.05, 3.63) is 56.7 Å². The summed E-state index contributed by atoms with van der Waals surface area (Å²) in [5.74, 6) is 1.89. The van der Waals surface area contributed by atoms with Gasteiger partial charge in [-0.15, -0.1) is 0 Å². The van der Waals surface area contributed by atoms with Crippen molar-refractivity contribution >= 4 is 22.6 Å². The summed E-state index contributed by atoms with van der Waals surface area (Å²) in [6, 6.07) is 12.4. The van der Waals surface area contributed by atoms with Gasteiger partial charge in [-0.3, -0.25) is 0 Å². The first-order valence-electron chi connectivity index (χ1n) is 5.58. The fourth-order valence-corrected chi connectivity index (χ4v) is 2.46. The van der Waals surface area contributed by atoms with E-state index in [0.29, 0.717) is 0 Å². The summed E-state index contributed by atoms with van der Waals surface area (Å²) in [4.78, 5) is 0. The van der Waals surface area contributed by atoms with E-state index < -0.39 is 0 Å². The van der Waals surface area contributed by atoms with E-state index in [4.69, 9.17) is 4.74 Å². The molecule has 0 aliphatic rings. The van der Waals surface area contributed by atoms with Gasteiger partial charge in [0.1, 0.15) is 11.5 Å². The number of ether oxygens (including phenoxy) is 1. The zero-order valence-electron chi connectivity index (χ0n) is 10.3. The first kappa shape index (κ1) is 12.4. The lowest BCUT2D eigenvalue weighted by atomic mass is 10.1. The molecule has 2 aromatic carbocycles. The standard InChI is InChI=1S/C15H15IO/c1-10-8-11(2)15(12(3)9-10)17-14-7-5-4-6-13(14)16/h4-9H,1-3H3. The van der Waals surface area contributed by atoms with Crippen molar-refractivity contribution in [1.29, 1.82) is 0 Å². The second-order valence-corrected chi connectivity index (χ2v) is 5.42. The Morgan fingerprint density at radius 2 is 1.53 bits per heavy atom. The Morgan fingerprint density at radius 1 is 0.941 bits per heavy atom. The smallest absolute Gasteiger partial charge is 0.140 e. The molecule has 17 heavy (non-hydrogen) atoms. The zero-order chi connectivity index (χ0) is 12.4. The summed E-state index contributed by atoms with van der Waals surface area (Å²) < 4.78 is 7.15. The Kier molecular flexibility index (Phi) is 3.72. The molecule has 1 nitrogen and oxygen atoms in total. The summed E-state index contributed by atoms with van der Waals surface area (Å²) in [6.07, 6.45) is 0. The molecule has 2 heteroatoms. The van der Waals surface area contributed by atoms with Gasteiger partial charge in [0.05, 0.1) is 3.57 Å². The van der Waals surface area contributed by atoms with E-state index in [-0.39, 0.29) is 0 Å². The van der Waals surface area contributed by atoms with Gasteiger partial charge in [-0.2, -0.15) is 0 Å². The number of benzene rings is 2. The topological polar surface area (TPSA) is 9.23 Å². The van der Waals surface area contributed by atoms with Gasteiger partial charge < -0.3 is 4.74 Å². The average Bonchev–Trinajstić information content (AvgIpc) is 2.25. The Hall–Kier alpha value is -1.03. The third-order valence-corrected chi connectivity index (χ3v) is 3.54. The molecule has 0 aliphatic carbocycles. The van der Waals surface area contributed by atoms with Crippen LogP contribution in [-0.2, 0) is 0 Å². The van der Waals surface area contributed by atoms with Crippen LogP contribution in [0, 0.1) is 24.3 Å². The number of halogens is 1. The molecule has 0 fully saturated rings. The highest BCUT2D eigenvalue weighted by molar-refractivity contribution is 14.1. The molecule has 0 N–H and O–H groups in total. The molecule has 2 rings (SSSR count). The van der Waals surface area contributed by atoms with Gasteiger partial charge in [-0.05, 0) is 66.6 Å². The van der Waals surface area contributed by atoms with E-state index in [1.54, 1.807) is 0 Å². The van der Waals surface area contributed by atoms with Crippen molar-refractivity contribution < 1.29 is 4.74 Å². The summed E-state index contributed by atoms with van der Waals surface area (Å²) in [5, 5.41) is 0. The third kappa shape index (κ3) is 2.80. The second-order valence-electron chi connectivity index (χ2n) is 4.26. The highest BCUT2D eigenvalue weighted by atomic mass is 127. The molecule has 0 radical (unpaired) electrons. The first-order chi connectivity index (χ1) is 8.08. The van der Waals surface area contributed by atoms with Gasteiger partial charge >= 0.3 is 0 Å². The molecular weight excluding hydrogens is 323 g/mol. The SMILES string of the molecule is Cc1cc(C)c(Oc2ccccc2I)c(C)c1. The van der Waals surface area contributed by atoms with Crippen LogP contribution in [0.4, 0.5) is 0 Å². The van der Waals surface area contributed by atoms with Crippen LogP contribution < -0.4 is 4.74 Å². The molecule has 0 amide bonds. The number of hydrogen-bond acceptors (Lipinski definition) is 1. The zero-order valence-corrected chi connectivity index (χ0v) is 12.4. The predicted octanol–water partition coefficient (Wildman–Crippen LogP) is 5.01. The van der Waals surface area contributed by atoms with Crippen LogP contribution >= 0.6 is 22.6 Å². The number of hydrogen-bond donors (Lipinski definition) is 0. The maximum Gasteiger partial charge on any atom is 0.140 e. The van der Waals surface area contributed by atoms with Crippen molar-refractivity contribution in [1.82, 2.24) is 0 Å². The van der Waals surface area contributed by atoms with Crippen LogP contribution in [0.15, 0.2) is 36.4 Å². The Labute approximate surface area is 116 Å². The molecule has 0 saturated carbocycles. The Balaban J connectivity index is 2.40. The van der Waals surface area contributed by atoms with Crippen LogP contribution in [0.2, 0.25) is 0 Å². The molecule has 0 aliphatic heterocycles. The van der Waals surface area contributed by atoms with Crippen LogP contribution in [0.3, 0.4) is 0 Å². The molecule has 0 saturated heterocycles. The fraction of sp³-hybridized carbons (Fsp3) is 0.200. The lowest BCUT2D eigenvalue weighted by Crippen LogP contribution is -1.93. The third-order valence-electron chi connectivity index (χ3n) is 2.65. The highest BCUT2D eigenvalue weighted by Gasteiger charge is 2.08. The summed E-state index contributed by atoms with van der Waals surface area (Å²) in [6.45, 7) is 6.28. The van der Waals surface area contributed by atoms with Crippen LogP contribution in [0.5, 0.6) is 11.5 Å². The van der Waals surface area contributed by atoms with E-state index in [2.05, 4.69) is 61.6 Å². The highest BCUT2D eigenvalue weighted by Crippen LogP contribution is 2.31. The molecule has 0 aromatic heterocycles. The molecule has 2 aromatic rings. The maximum atomic E-state index is 6.02. The van der Waals surface area contributed by atoms with E-state index >= 15 is 0 Å². The van der Waals surface area contributed by atoms with Crippen molar-refractivity contribution in [2.24, 2.45) is 0 Å². The quantitative estimate of drug-likeness (QED) is 0.700. The molecule has 88 valence electrons. The molecule has 0 heterocycles. The number of rotatable bonds is 2. The predicted molar refractivity (Wildman–Crippen MR) is 79.9 cm³/mol. The van der Waals surface area contributed by atoms with Crippen molar-refractivity contribution in [3.63, 3.8) is 0 Å². The minimum Gasteiger partial charge on any atom is -0.456 e. The van der Waals surface area contributed by atoms with Crippen molar-refractivity contribution in [2.45, 2.75) is 20.8 Å². The van der Waals surface area contributed by atoms with Gasteiger partial charge in [-0.1, -0.05) is 29.8 Å². The molecule has 0 bridgehead atoms. The van der Waals surface area contributed by atoms with E-state index in [0.717, 1.165) is 15.1 Å². The molecule has 0 spiro atoms.